The van der Waals surface area contributed by atoms with E-state index in [1.54, 1.807) is 0 Å². The Kier molecular flexibility index (Phi) is 2.13. The standard InChI is InChI=1S/C17H17N5/c1-10-6-15(21-16(18)20-10)22-14-7-11(2-3-12(14)9-19-22)13-8-17(13)4-5-17/h2-3,6-7,9,13H,4-5,8H2,1H3,(H2,18,20,21). The Hall–Kier alpha value is -2.43. The third-order valence-electron chi connectivity index (χ3n) is 5.15. The number of nitrogen functional groups attached to an aromatic ring is 1. The zero-order chi connectivity index (χ0) is 14.9. The summed E-state index contributed by atoms with van der Waals surface area (Å²) in [7, 11) is 0. The molecule has 1 spiro atoms. The molecule has 2 saturated carbocycles. The molecule has 1 unspecified atom stereocenters. The van der Waals surface area contributed by atoms with Crippen molar-refractivity contribution in [1.29, 1.82) is 0 Å². The van der Waals surface area contributed by atoms with E-state index in [1.807, 2.05) is 23.9 Å². The predicted octanol–water partition coefficient (Wildman–Crippen LogP) is 2.97. The molecule has 0 saturated heterocycles. The van der Waals surface area contributed by atoms with E-state index in [0.717, 1.165) is 28.3 Å². The molecule has 5 heteroatoms. The average molecular weight is 291 g/mol. The number of aryl methyl sites for hydroxylation is 1. The van der Waals surface area contributed by atoms with Gasteiger partial charge in [0.15, 0.2) is 5.82 Å². The first-order chi connectivity index (χ1) is 10.6. The van der Waals surface area contributed by atoms with Crippen LogP contribution in [0.1, 0.15) is 36.4 Å². The summed E-state index contributed by atoms with van der Waals surface area (Å²) in [6, 6.07) is 8.61. The fourth-order valence-electron chi connectivity index (χ4n) is 3.65. The molecular formula is C17H17N5. The van der Waals surface area contributed by atoms with E-state index in [2.05, 4.69) is 33.3 Å². The summed E-state index contributed by atoms with van der Waals surface area (Å²) in [5.41, 5.74) is 9.82. The van der Waals surface area contributed by atoms with Crippen molar-refractivity contribution >= 4 is 16.9 Å². The minimum absolute atomic E-state index is 0.286. The zero-order valence-electron chi connectivity index (χ0n) is 12.5. The summed E-state index contributed by atoms with van der Waals surface area (Å²) >= 11 is 0. The quantitative estimate of drug-likeness (QED) is 0.788. The Morgan fingerprint density at radius 1 is 1.23 bits per heavy atom. The molecule has 5 nitrogen and oxygen atoms in total. The van der Waals surface area contributed by atoms with Gasteiger partial charge in [-0.05, 0) is 49.1 Å². The van der Waals surface area contributed by atoms with Crippen LogP contribution in [-0.4, -0.2) is 19.7 Å². The van der Waals surface area contributed by atoms with Gasteiger partial charge in [0, 0.05) is 17.1 Å². The number of hydrogen-bond acceptors (Lipinski definition) is 4. The van der Waals surface area contributed by atoms with Gasteiger partial charge in [-0.2, -0.15) is 10.1 Å². The highest BCUT2D eigenvalue weighted by molar-refractivity contribution is 5.81. The van der Waals surface area contributed by atoms with Crippen LogP contribution >= 0.6 is 0 Å². The number of nitrogens with zero attached hydrogens (tertiary/aromatic N) is 4. The number of anilines is 1. The lowest BCUT2D eigenvalue weighted by atomic mass is 10.1. The largest absolute Gasteiger partial charge is 0.368 e. The molecule has 2 aliphatic carbocycles. The Morgan fingerprint density at radius 3 is 2.82 bits per heavy atom. The van der Waals surface area contributed by atoms with Crippen LogP contribution in [0.5, 0.6) is 0 Å². The second kappa shape index (κ2) is 3.85. The van der Waals surface area contributed by atoms with Crippen molar-refractivity contribution in [3.8, 4) is 5.82 Å². The van der Waals surface area contributed by atoms with Crippen LogP contribution in [0, 0.1) is 12.3 Å². The van der Waals surface area contributed by atoms with Gasteiger partial charge in [0.1, 0.15) is 0 Å². The zero-order valence-corrected chi connectivity index (χ0v) is 12.5. The lowest BCUT2D eigenvalue weighted by Gasteiger charge is -2.06. The average Bonchev–Trinajstić information content (AvgIpc) is 3.37. The van der Waals surface area contributed by atoms with Crippen LogP contribution in [0.4, 0.5) is 5.95 Å². The van der Waals surface area contributed by atoms with Crippen molar-refractivity contribution < 1.29 is 0 Å². The Labute approximate surface area is 128 Å². The van der Waals surface area contributed by atoms with Gasteiger partial charge in [0.25, 0.3) is 0 Å². The van der Waals surface area contributed by atoms with E-state index in [1.165, 1.54) is 24.8 Å². The lowest BCUT2D eigenvalue weighted by molar-refractivity contribution is 0.837. The van der Waals surface area contributed by atoms with E-state index < -0.39 is 0 Å². The second-order valence-corrected chi connectivity index (χ2v) is 6.72. The molecule has 110 valence electrons. The summed E-state index contributed by atoms with van der Waals surface area (Å²) in [5.74, 6) is 1.76. The second-order valence-electron chi connectivity index (χ2n) is 6.72. The first kappa shape index (κ1) is 12.1. The molecule has 2 aromatic heterocycles. The highest BCUT2D eigenvalue weighted by Gasteiger charge is 2.62. The van der Waals surface area contributed by atoms with Gasteiger partial charge in [-0.1, -0.05) is 12.1 Å². The van der Waals surface area contributed by atoms with Gasteiger partial charge in [0.2, 0.25) is 5.95 Å². The van der Waals surface area contributed by atoms with Gasteiger partial charge in [-0.25, -0.2) is 9.67 Å². The lowest BCUT2D eigenvalue weighted by Crippen LogP contribution is -2.05. The molecule has 1 aromatic carbocycles. The molecule has 3 aromatic rings. The van der Waals surface area contributed by atoms with E-state index in [0.29, 0.717) is 5.41 Å². The van der Waals surface area contributed by atoms with E-state index >= 15 is 0 Å². The van der Waals surface area contributed by atoms with Crippen LogP contribution in [0.15, 0.2) is 30.5 Å². The maximum absolute atomic E-state index is 5.78. The van der Waals surface area contributed by atoms with Gasteiger partial charge >= 0.3 is 0 Å². The molecule has 0 aliphatic heterocycles. The summed E-state index contributed by atoms with van der Waals surface area (Å²) < 4.78 is 1.87. The van der Waals surface area contributed by atoms with E-state index in [4.69, 9.17) is 5.73 Å². The van der Waals surface area contributed by atoms with Crippen LogP contribution in [-0.2, 0) is 0 Å². The Morgan fingerprint density at radius 2 is 2.09 bits per heavy atom. The molecule has 2 N–H and O–H groups in total. The Balaban J connectivity index is 1.65. The monoisotopic (exact) mass is 291 g/mol. The number of aromatic nitrogens is 4. The molecule has 1 atom stereocenters. The van der Waals surface area contributed by atoms with Crippen molar-refractivity contribution in [2.24, 2.45) is 5.41 Å². The van der Waals surface area contributed by atoms with Crippen molar-refractivity contribution in [2.75, 3.05) is 5.73 Å². The highest BCUT2D eigenvalue weighted by atomic mass is 15.3. The third-order valence-corrected chi connectivity index (χ3v) is 5.15. The number of benzene rings is 1. The molecule has 0 amide bonds. The molecule has 22 heavy (non-hydrogen) atoms. The summed E-state index contributed by atoms with van der Waals surface area (Å²) in [6.07, 6.45) is 6.03. The van der Waals surface area contributed by atoms with Gasteiger partial charge in [0.05, 0.1) is 11.7 Å². The fourth-order valence-corrected chi connectivity index (χ4v) is 3.65. The Bertz CT molecular complexity index is 886. The van der Waals surface area contributed by atoms with E-state index in [-0.39, 0.29) is 5.95 Å². The number of fused-ring (bicyclic) bond motifs is 1. The minimum Gasteiger partial charge on any atom is -0.368 e. The third kappa shape index (κ3) is 1.68. The molecule has 0 radical (unpaired) electrons. The van der Waals surface area contributed by atoms with Crippen LogP contribution in [0.2, 0.25) is 0 Å². The topological polar surface area (TPSA) is 69.6 Å². The van der Waals surface area contributed by atoms with Crippen molar-refractivity contribution in [2.45, 2.75) is 32.1 Å². The maximum atomic E-state index is 5.78. The number of rotatable bonds is 2. The van der Waals surface area contributed by atoms with Crippen LogP contribution in [0.3, 0.4) is 0 Å². The molecule has 5 rings (SSSR count). The number of nitrogens with two attached hydrogens (primary N) is 1. The smallest absolute Gasteiger partial charge is 0.222 e. The minimum atomic E-state index is 0.286. The molecular weight excluding hydrogens is 274 g/mol. The number of hydrogen-bond donors (Lipinski definition) is 1. The molecule has 2 fully saturated rings. The summed E-state index contributed by atoms with van der Waals surface area (Å²) in [5, 5.41) is 5.62. The normalized spacial score (nSPS) is 21.4. The van der Waals surface area contributed by atoms with Gasteiger partial charge < -0.3 is 5.73 Å². The van der Waals surface area contributed by atoms with Gasteiger partial charge in [-0.15, -0.1) is 0 Å². The molecule has 0 bridgehead atoms. The van der Waals surface area contributed by atoms with Crippen LogP contribution < -0.4 is 5.73 Å². The van der Waals surface area contributed by atoms with Crippen molar-refractivity contribution in [3.05, 3.63) is 41.7 Å². The fraction of sp³-hybridized carbons (Fsp3) is 0.353. The predicted molar refractivity (Wildman–Crippen MR) is 84.8 cm³/mol. The SMILES string of the molecule is Cc1cc(-n2ncc3ccc(C4CC45CC5)cc32)nc(N)n1. The van der Waals surface area contributed by atoms with E-state index in [9.17, 15) is 0 Å². The first-order valence-corrected chi connectivity index (χ1v) is 7.74. The van der Waals surface area contributed by atoms with Crippen molar-refractivity contribution in [3.63, 3.8) is 0 Å². The highest BCUT2D eigenvalue weighted by Crippen LogP contribution is 2.75. The first-order valence-electron chi connectivity index (χ1n) is 7.74. The van der Waals surface area contributed by atoms with Gasteiger partial charge in [-0.3, -0.25) is 0 Å². The van der Waals surface area contributed by atoms with Crippen molar-refractivity contribution in [1.82, 2.24) is 19.7 Å². The summed E-state index contributed by atoms with van der Waals surface area (Å²) in [4.78, 5) is 8.46. The summed E-state index contributed by atoms with van der Waals surface area (Å²) in [6.45, 7) is 1.92. The molecule has 2 heterocycles. The molecule has 2 aliphatic rings. The maximum Gasteiger partial charge on any atom is 0.222 e. The van der Waals surface area contributed by atoms with Crippen LogP contribution in [0.25, 0.3) is 16.7 Å².